The second kappa shape index (κ2) is 7.31. The van der Waals surface area contributed by atoms with Crippen LogP contribution < -0.4 is 16.0 Å². The zero-order valence-corrected chi connectivity index (χ0v) is 15.1. The highest BCUT2D eigenvalue weighted by Gasteiger charge is 2.50. The van der Waals surface area contributed by atoms with E-state index in [-0.39, 0.29) is 34.9 Å². The first-order chi connectivity index (χ1) is 12.5. The third-order valence-corrected chi connectivity index (χ3v) is 5.43. The molecule has 4 rings (SSSR count). The molecule has 1 spiro atoms. The molecular formula is C19H25F2N3O2. The predicted molar refractivity (Wildman–Crippen MR) is 94.8 cm³/mol. The molecule has 3 N–H and O–H groups in total. The monoisotopic (exact) mass is 365 g/mol. The highest BCUT2D eigenvalue weighted by molar-refractivity contribution is 6.01. The number of rotatable bonds is 3. The van der Waals surface area contributed by atoms with Crippen molar-refractivity contribution in [3.05, 3.63) is 29.3 Å². The van der Waals surface area contributed by atoms with Crippen molar-refractivity contribution in [2.45, 2.75) is 51.5 Å². The number of imide groups is 1. The van der Waals surface area contributed by atoms with Gasteiger partial charge >= 0.3 is 0 Å². The lowest BCUT2D eigenvalue weighted by Crippen LogP contribution is -2.59. The molecule has 0 bridgehead atoms. The molecule has 0 aromatic heterocycles. The number of anilines is 1. The molecule has 1 aliphatic carbocycles. The van der Waals surface area contributed by atoms with E-state index in [9.17, 15) is 18.4 Å². The van der Waals surface area contributed by atoms with E-state index in [2.05, 4.69) is 16.0 Å². The van der Waals surface area contributed by atoms with E-state index < -0.39 is 23.6 Å². The van der Waals surface area contributed by atoms with Crippen LogP contribution in [0.5, 0.6) is 0 Å². The standard InChI is InChI=1S/C17H19F2N3O2.C2H6/c18-11-3-10(21-13-1-2-14(23)22-16(13)24)4-12(19)15(11)9-5-17(6-9)7-20-8-17;1-2/h3-4,9,13,20-21H,1-2,5-8H2,(H,22,23,24);1-2H3. The Morgan fingerprint density at radius 2 is 1.73 bits per heavy atom. The molecule has 2 amide bonds. The van der Waals surface area contributed by atoms with Gasteiger partial charge in [0.2, 0.25) is 11.8 Å². The number of carbonyl (C=O) groups is 2. The Morgan fingerprint density at radius 1 is 1.12 bits per heavy atom. The molecule has 1 saturated carbocycles. The number of amides is 2. The van der Waals surface area contributed by atoms with Crippen LogP contribution in [0.25, 0.3) is 0 Å². The van der Waals surface area contributed by atoms with Gasteiger partial charge in [-0.2, -0.15) is 0 Å². The van der Waals surface area contributed by atoms with Gasteiger partial charge in [-0.3, -0.25) is 14.9 Å². The number of nitrogens with one attached hydrogen (secondary N) is 3. The number of halogens is 2. The lowest BCUT2D eigenvalue weighted by atomic mass is 9.57. The minimum atomic E-state index is -0.652. The quantitative estimate of drug-likeness (QED) is 0.721. The van der Waals surface area contributed by atoms with Crippen LogP contribution in [-0.2, 0) is 9.59 Å². The molecule has 5 nitrogen and oxygen atoms in total. The topological polar surface area (TPSA) is 70.2 Å². The Kier molecular flexibility index (Phi) is 5.27. The zero-order valence-electron chi connectivity index (χ0n) is 15.1. The lowest BCUT2D eigenvalue weighted by Gasteiger charge is -2.54. The summed E-state index contributed by atoms with van der Waals surface area (Å²) in [5.41, 5.74) is 0.622. The normalized spacial score (nSPS) is 24.1. The molecule has 2 aliphatic heterocycles. The molecule has 2 saturated heterocycles. The van der Waals surface area contributed by atoms with Crippen molar-refractivity contribution >= 4 is 17.5 Å². The van der Waals surface area contributed by atoms with Gasteiger partial charge in [0.15, 0.2) is 0 Å². The van der Waals surface area contributed by atoms with Gasteiger partial charge in [-0.05, 0) is 42.7 Å². The molecule has 1 aromatic carbocycles. The van der Waals surface area contributed by atoms with E-state index in [1.807, 2.05) is 13.8 Å². The van der Waals surface area contributed by atoms with E-state index in [1.54, 1.807) is 0 Å². The minimum absolute atomic E-state index is 0.0725. The first kappa shape index (κ1) is 18.8. The zero-order chi connectivity index (χ0) is 18.9. The van der Waals surface area contributed by atoms with E-state index in [0.29, 0.717) is 6.42 Å². The van der Waals surface area contributed by atoms with Gasteiger partial charge in [-0.15, -0.1) is 0 Å². The van der Waals surface area contributed by atoms with Crippen LogP contribution in [0.1, 0.15) is 51.0 Å². The van der Waals surface area contributed by atoms with Crippen molar-refractivity contribution in [2.75, 3.05) is 18.4 Å². The molecule has 142 valence electrons. The van der Waals surface area contributed by atoms with E-state index in [0.717, 1.165) is 25.9 Å². The molecule has 1 aromatic rings. The molecule has 3 fully saturated rings. The molecule has 7 heteroatoms. The predicted octanol–water partition coefficient (Wildman–Crippen LogP) is 2.68. The highest BCUT2D eigenvalue weighted by atomic mass is 19.1. The van der Waals surface area contributed by atoms with Crippen molar-refractivity contribution < 1.29 is 18.4 Å². The summed E-state index contributed by atoms with van der Waals surface area (Å²) in [6.07, 6.45) is 2.15. The molecule has 2 heterocycles. The van der Waals surface area contributed by atoms with Crippen molar-refractivity contribution in [1.82, 2.24) is 10.6 Å². The molecule has 3 aliphatic rings. The first-order valence-corrected chi connectivity index (χ1v) is 9.26. The SMILES string of the molecule is CC.O=C1CCC(Nc2cc(F)c(C3CC4(CNC4)C3)c(F)c2)C(=O)N1. The average molecular weight is 365 g/mol. The number of hydrogen-bond acceptors (Lipinski definition) is 4. The number of hydrogen-bond donors (Lipinski definition) is 3. The van der Waals surface area contributed by atoms with Crippen LogP contribution in [0.4, 0.5) is 14.5 Å². The Hall–Kier alpha value is -2.02. The number of carbonyl (C=O) groups excluding carboxylic acids is 2. The van der Waals surface area contributed by atoms with Crippen LogP contribution in [0.2, 0.25) is 0 Å². The van der Waals surface area contributed by atoms with Crippen LogP contribution in [0, 0.1) is 17.0 Å². The maximum absolute atomic E-state index is 14.4. The summed E-state index contributed by atoms with van der Waals surface area (Å²) >= 11 is 0. The number of piperidine rings is 1. The Balaban J connectivity index is 0.000000948. The fraction of sp³-hybridized carbons (Fsp3) is 0.579. The van der Waals surface area contributed by atoms with Crippen LogP contribution in [0.3, 0.4) is 0 Å². The van der Waals surface area contributed by atoms with Gasteiger partial charge in [0.1, 0.15) is 17.7 Å². The minimum Gasteiger partial charge on any atom is -0.373 e. The van der Waals surface area contributed by atoms with Gasteiger partial charge in [0.05, 0.1) is 0 Å². The largest absolute Gasteiger partial charge is 0.373 e. The summed E-state index contributed by atoms with van der Waals surface area (Å²) < 4.78 is 28.8. The number of benzene rings is 1. The van der Waals surface area contributed by atoms with E-state index >= 15 is 0 Å². The summed E-state index contributed by atoms with van der Waals surface area (Å²) in [5, 5.41) is 8.24. The summed E-state index contributed by atoms with van der Waals surface area (Å²) in [6.45, 7) is 5.86. The van der Waals surface area contributed by atoms with Crippen LogP contribution >= 0.6 is 0 Å². The molecule has 1 unspecified atom stereocenters. The highest BCUT2D eigenvalue weighted by Crippen LogP contribution is 2.54. The third-order valence-electron chi connectivity index (χ3n) is 5.43. The van der Waals surface area contributed by atoms with Crippen molar-refractivity contribution in [1.29, 1.82) is 0 Å². The molecule has 0 radical (unpaired) electrons. The third kappa shape index (κ3) is 3.45. The van der Waals surface area contributed by atoms with E-state index in [4.69, 9.17) is 0 Å². The summed E-state index contributed by atoms with van der Waals surface area (Å²) in [4.78, 5) is 22.9. The fourth-order valence-electron chi connectivity index (χ4n) is 4.05. The van der Waals surface area contributed by atoms with Crippen molar-refractivity contribution in [2.24, 2.45) is 5.41 Å². The maximum atomic E-state index is 14.4. The van der Waals surface area contributed by atoms with Gasteiger partial charge in [-0.1, -0.05) is 13.8 Å². The van der Waals surface area contributed by atoms with Crippen LogP contribution in [0.15, 0.2) is 12.1 Å². The molecular weight excluding hydrogens is 340 g/mol. The Morgan fingerprint density at radius 3 is 2.23 bits per heavy atom. The maximum Gasteiger partial charge on any atom is 0.249 e. The van der Waals surface area contributed by atoms with Gasteiger partial charge in [0, 0.05) is 30.8 Å². The molecule has 26 heavy (non-hydrogen) atoms. The van der Waals surface area contributed by atoms with Crippen molar-refractivity contribution in [3.8, 4) is 0 Å². The second-order valence-corrected chi connectivity index (χ2v) is 7.21. The van der Waals surface area contributed by atoms with Crippen molar-refractivity contribution in [3.63, 3.8) is 0 Å². The van der Waals surface area contributed by atoms with Gasteiger partial charge < -0.3 is 10.6 Å². The van der Waals surface area contributed by atoms with Gasteiger partial charge in [0.25, 0.3) is 0 Å². The van der Waals surface area contributed by atoms with Crippen LogP contribution in [-0.4, -0.2) is 30.9 Å². The summed E-state index contributed by atoms with van der Waals surface area (Å²) in [7, 11) is 0. The fourth-order valence-corrected chi connectivity index (χ4v) is 4.05. The second-order valence-electron chi connectivity index (χ2n) is 7.21. The Bertz CT molecular complexity index is 688. The average Bonchev–Trinajstić information content (AvgIpc) is 2.52. The molecule has 1 atom stereocenters. The summed E-state index contributed by atoms with van der Waals surface area (Å²) in [5.74, 6) is -2.00. The smallest absolute Gasteiger partial charge is 0.249 e. The summed E-state index contributed by atoms with van der Waals surface area (Å²) in [6, 6.07) is 1.83. The lowest BCUT2D eigenvalue weighted by molar-refractivity contribution is -0.133. The Labute approximate surface area is 151 Å². The van der Waals surface area contributed by atoms with E-state index in [1.165, 1.54) is 12.1 Å². The van der Waals surface area contributed by atoms with Gasteiger partial charge in [-0.25, -0.2) is 8.78 Å². The first-order valence-electron chi connectivity index (χ1n) is 9.26.